The van der Waals surface area contributed by atoms with E-state index in [1.807, 2.05) is 0 Å². The average Bonchev–Trinajstić information content (AvgIpc) is 2.01. The van der Waals surface area contributed by atoms with Crippen LogP contribution in [0.3, 0.4) is 0 Å². The predicted octanol–water partition coefficient (Wildman–Crippen LogP) is 1.40. The summed E-state index contributed by atoms with van der Waals surface area (Å²) in [6.07, 6.45) is -0.495. The molecule has 0 bridgehead atoms. The van der Waals surface area contributed by atoms with Crippen molar-refractivity contribution < 1.29 is 9.53 Å². The Balaban J connectivity index is 4.07. The van der Waals surface area contributed by atoms with Crippen molar-refractivity contribution in [3.8, 4) is 0 Å². The number of rotatable bonds is 3. The molecule has 0 rings (SSSR count). The van der Waals surface area contributed by atoms with Crippen molar-refractivity contribution in [1.82, 2.24) is 5.32 Å². The van der Waals surface area contributed by atoms with Crippen LogP contribution in [0, 0.1) is 0 Å². The smallest absolute Gasteiger partial charge is 0.407 e. The van der Waals surface area contributed by atoms with Crippen LogP contribution in [-0.4, -0.2) is 24.0 Å². The zero-order valence-electron chi connectivity index (χ0n) is 9.76. The minimum atomic E-state index is -0.507. The van der Waals surface area contributed by atoms with E-state index in [0.717, 1.165) is 0 Å². The van der Waals surface area contributed by atoms with E-state index in [-0.39, 0.29) is 6.54 Å². The number of amides is 1. The predicted molar refractivity (Wildman–Crippen MR) is 60.7 cm³/mol. The number of hydrogen-bond acceptors (Lipinski definition) is 4. The van der Waals surface area contributed by atoms with E-state index in [9.17, 15) is 4.79 Å². The number of nitrogens with two attached hydrogens (primary N) is 1. The Morgan fingerprint density at radius 3 is 2.40 bits per heavy atom. The van der Waals surface area contributed by atoms with Gasteiger partial charge in [0.15, 0.2) is 0 Å². The molecule has 86 valence electrons. The first-order chi connectivity index (χ1) is 6.76. The number of nitrogens with zero attached hydrogens (tertiary/aromatic N) is 1. The fraction of sp³-hybridized carbons (Fsp3) is 0.600. The summed E-state index contributed by atoms with van der Waals surface area (Å²) in [5.74, 6) is 5.12. The number of nitrogens with one attached hydrogen (secondary N) is 1. The van der Waals surface area contributed by atoms with Crippen molar-refractivity contribution in [1.29, 1.82) is 0 Å². The summed E-state index contributed by atoms with van der Waals surface area (Å²) < 4.78 is 5.04. The molecular formula is C10H19N3O2. The quantitative estimate of drug-likeness (QED) is 0.422. The summed E-state index contributed by atoms with van der Waals surface area (Å²) in [5.41, 5.74) is 0.752. The van der Waals surface area contributed by atoms with Gasteiger partial charge in [0.25, 0.3) is 0 Å². The number of hydrogen-bond donors (Lipinski definition) is 2. The lowest BCUT2D eigenvalue weighted by atomic mass is 10.2. The van der Waals surface area contributed by atoms with Gasteiger partial charge in [-0.25, -0.2) is 4.79 Å². The standard InChI is InChI=1S/C10H19N3O2/c1-7(2)8(13-11)6-12-9(14)15-10(3,4)5/h1,6,11H2,2-5H3,(H,12,14)/b13-8-. The van der Waals surface area contributed by atoms with Gasteiger partial charge in [-0.1, -0.05) is 6.58 Å². The minimum absolute atomic E-state index is 0.223. The monoisotopic (exact) mass is 213 g/mol. The van der Waals surface area contributed by atoms with Crippen molar-refractivity contribution in [3.63, 3.8) is 0 Å². The first kappa shape index (κ1) is 13.5. The summed E-state index contributed by atoms with van der Waals surface area (Å²) in [6, 6.07) is 0. The lowest BCUT2D eigenvalue weighted by Crippen LogP contribution is -2.35. The van der Waals surface area contributed by atoms with E-state index in [2.05, 4.69) is 17.0 Å². The highest BCUT2D eigenvalue weighted by molar-refractivity contribution is 6.01. The molecule has 0 fully saturated rings. The number of hydrazone groups is 1. The Labute approximate surface area is 90.4 Å². The lowest BCUT2D eigenvalue weighted by molar-refractivity contribution is 0.0536. The third kappa shape index (κ3) is 6.54. The van der Waals surface area contributed by atoms with Crippen LogP contribution in [0.5, 0.6) is 0 Å². The topological polar surface area (TPSA) is 76.7 Å². The van der Waals surface area contributed by atoms with Gasteiger partial charge < -0.3 is 15.9 Å². The van der Waals surface area contributed by atoms with Crippen molar-refractivity contribution in [2.24, 2.45) is 10.9 Å². The van der Waals surface area contributed by atoms with Gasteiger partial charge in [0, 0.05) is 0 Å². The molecule has 15 heavy (non-hydrogen) atoms. The first-order valence-electron chi connectivity index (χ1n) is 4.65. The van der Waals surface area contributed by atoms with Crippen LogP contribution in [0.2, 0.25) is 0 Å². The lowest BCUT2D eigenvalue weighted by Gasteiger charge is -2.19. The van der Waals surface area contributed by atoms with E-state index in [1.54, 1.807) is 27.7 Å². The third-order valence-electron chi connectivity index (χ3n) is 1.45. The highest BCUT2D eigenvalue weighted by atomic mass is 16.6. The molecule has 0 aliphatic rings. The summed E-state index contributed by atoms with van der Waals surface area (Å²) in [5, 5.41) is 6.04. The number of carbonyl (C=O) groups is 1. The van der Waals surface area contributed by atoms with Crippen molar-refractivity contribution in [3.05, 3.63) is 12.2 Å². The van der Waals surface area contributed by atoms with Crippen molar-refractivity contribution in [2.75, 3.05) is 6.54 Å². The van der Waals surface area contributed by atoms with Gasteiger partial charge in [-0.2, -0.15) is 5.10 Å². The minimum Gasteiger partial charge on any atom is -0.444 e. The van der Waals surface area contributed by atoms with Crippen LogP contribution >= 0.6 is 0 Å². The van der Waals surface area contributed by atoms with Gasteiger partial charge in [0.2, 0.25) is 0 Å². The second kappa shape index (κ2) is 5.38. The summed E-state index contributed by atoms with van der Waals surface area (Å²) in [4.78, 5) is 11.2. The van der Waals surface area contributed by atoms with Crippen LogP contribution in [0.4, 0.5) is 4.79 Å². The fourth-order valence-corrected chi connectivity index (χ4v) is 0.777. The SMILES string of the molecule is C=C(C)/C(CNC(=O)OC(C)(C)C)=N\N. The molecule has 5 heteroatoms. The maximum absolute atomic E-state index is 11.2. The molecule has 0 atom stereocenters. The molecule has 0 spiro atoms. The van der Waals surface area contributed by atoms with Crippen LogP contribution in [0.25, 0.3) is 0 Å². The van der Waals surface area contributed by atoms with E-state index in [4.69, 9.17) is 10.6 Å². The number of carbonyl (C=O) groups excluding carboxylic acids is 1. The molecule has 0 aliphatic carbocycles. The number of alkyl carbamates (subject to hydrolysis) is 1. The second-order valence-electron chi connectivity index (χ2n) is 4.21. The van der Waals surface area contributed by atoms with Crippen LogP contribution in [0.1, 0.15) is 27.7 Å². The Hall–Kier alpha value is -1.52. The summed E-state index contributed by atoms with van der Waals surface area (Å²) in [6.45, 7) is 11.0. The maximum Gasteiger partial charge on any atom is 0.407 e. The molecule has 0 aromatic rings. The van der Waals surface area contributed by atoms with Crippen LogP contribution in [0.15, 0.2) is 17.3 Å². The van der Waals surface area contributed by atoms with Crippen molar-refractivity contribution in [2.45, 2.75) is 33.3 Å². The fourth-order valence-electron chi connectivity index (χ4n) is 0.777. The molecule has 0 aromatic carbocycles. The van der Waals surface area contributed by atoms with E-state index < -0.39 is 11.7 Å². The normalized spacial score (nSPS) is 12.1. The Bertz CT molecular complexity index is 277. The first-order valence-corrected chi connectivity index (χ1v) is 4.65. The second-order valence-corrected chi connectivity index (χ2v) is 4.21. The van der Waals surface area contributed by atoms with Crippen molar-refractivity contribution >= 4 is 11.8 Å². The van der Waals surface area contributed by atoms with Gasteiger partial charge in [-0.15, -0.1) is 0 Å². The van der Waals surface area contributed by atoms with Gasteiger partial charge in [-0.05, 0) is 33.3 Å². The molecule has 0 saturated heterocycles. The number of ether oxygens (including phenoxy) is 1. The van der Waals surface area contributed by atoms with Gasteiger partial charge >= 0.3 is 6.09 Å². The molecule has 5 nitrogen and oxygen atoms in total. The van der Waals surface area contributed by atoms with E-state index in [0.29, 0.717) is 11.3 Å². The van der Waals surface area contributed by atoms with Crippen LogP contribution in [-0.2, 0) is 4.74 Å². The summed E-state index contributed by atoms with van der Waals surface area (Å²) >= 11 is 0. The van der Waals surface area contributed by atoms with Gasteiger partial charge in [-0.3, -0.25) is 0 Å². The molecule has 3 N–H and O–H groups in total. The molecule has 0 unspecified atom stereocenters. The zero-order chi connectivity index (χ0) is 12.1. The zero-order valence-corrected chi connectivity index (χ0v) is 9.76. The molecule has 0 radical (unpaired) electrons. The third-order valence-corrected chi connectivity index (χ3v) is 1.45. The Morgan fingerprint density at radius 2 is 2.07 bits per heavy atom. The van der Waals surface area contributed by atoms with Gasteiger partial charge in [0.05, 0.1) is 12.3 Å². The van der Waals surface area contributed by atoms with Gasteiger partial charge in [0.1, 0.15) is 5.60 Å². The maximum atomic E-state index is 11.2. The largest absolute Gasteiger partial charge is 0.444 e. The molecule has 0 saturated carbocycles. The molecule has 1 amide bonds. The van der Waals surface area contributed by atoms with E-state index >= 15 is 0 Å². The highest BCUT2D eigenvalue weighted by Gasteiger charge is 2.16. The Morgan fingerprint density at radius 1 is 1.53 bits per heavy atom. The Kier molecular flexibility index (Phi) is 4.84. The summed E-state index contributed by atoms with van der Waals surface area (Å²) in [7, 11) is 0. The van der Waals surface area contributed by atoms with E-state index in [1.165, 1.54) is 0 Å². The molecule has 0 aliphatic heterocycles. The molecule has 0 aromatic heterocycles. The molecule has 0 heterocycles. The highest BCUT2D eigenvalue weighted by Crippen LogP contribution is 2.06. The average molecular weight is 213 g/mol. The molecular weight excluding hydrogens is 194 g/mol. The van der Waals surface area contributed by atoms with Crippen LogP contribution < -0.4 is 11.2 Å².